The number of rotatable bonds is 1. The van der Waals surface area contributed by atoms with Gasteiger partial charge in [-0.05, 0) is 55.4 Å². The number of morpholine rings is 1. The first-order chi connectivity index (χ1) is 10.5. The van der Waals surface area contributed by atoms with Crippen LogP contribution in [0, 0.1) is 0 Å². The van der Waals surface area contributed by atoms with Gasteiger partial charge in [0.2, 0.25) is 0 Å². The second-order valence-electron chi connectivity index (χ2n) is 9.06. The van der Waals surface area contributed by atoms with Crippen molar-refractivity contribution in [1.29, 1.82) is 0 Å². The van der Waals surface area contributed by atoms with Crippen LogP contribution in [0.3, 0.4) is 0 Å². The van der Waals surface area contributed by atoms with E-state index in [-0.39, 0.29) is 0 Å². The summed E-state index contributed by atoms with van der Waals surface area (Å²) < 4.78 is 5.25. The molecule has 4 heteroatoms. The molecule has 0 aromatic rings. The Balaban J connectivity index is 0.000000238. The molecule has 2 fully saturated rings. The average Bonchev–Trinajstić information content (AvgIpc) is 2.47. The zero-order valence-electron chi connectivity index (χ0n) is 17.0. The number of hydrogen-bond acceptors (Lipinski definition) is 4. The standard InChI is InChI=1S/C11H24N2.C8H17NO/c1-10(2)12-6-8-13(9-7-12)11(3,4)5;1-8(2,3)9-4-6-10-7-5-9/h10H,6-9H2,1-5H3;4-7H2,1-3H3. The highest BCUT2D eigenvalue weighted by Crippen LogP contribution is 2.16. The maximum Gasteiger partial charge on any atom is 0.0594 e. The van der Waals surface area contributed by atoms with E-state index in [9.17, 15) is 0 Å². The largest absolute Gasteiger partial charge is 0.379 e. The quantitative estimate of drug-likeness (QED) is 0.737. The maximum atomic E-state index is 5.25. The fourth-order valence-electron chi connectivity index (χ4n) is 3.14. The summed E-state index contributed by atoms with van der Waals surface area (Å²) >= 11 is 0. The summed E-state index contributed by atoms with van der Waals surface area (Å²) in [5.41, 5.74) is 0.673. The molecule has 138 valence electrons. The Morgan fingerprint density at radius 1 is 0.652 bits per heavy atom. The maximum absolute atomic E-state index is 5.25. The fourth-order valence-corrected chi connectivity index (χ4v) is 3.14. The summed E-state index contributed by atoms with van der Waals surface area (Å²) in [7, 11) is 0. The number of nitrogens with zero attached hydrogens (tertiary/aromatic N) is 3. The van der Waals surface area contributed by atoms with Gasteiger partial charge in [-0.1, -0.05) is 0 Å². The Bertz CT molecular complexity index is 316. The average molecular weight is 328 g/mol. The third-order valence-electron chi connectivity index (χ3n) is 4.95. The van der Waals surface area contributed by atoms with Crippen LogP contribution >= 0.6 is 0 Å². The van der Waals surface area contributed by atoms with Gasteiger partial charge in [-0.2, -0.15) is 0 Å². The first-order valence-corrected chi connectivity index (χ1v) is 9.33. The topological polar surface area (TPSA) is 19.0 Å². The predicted octanol–water partition coefficient (Wildman–Crippen LogP) is 2.93. The van der Waals surface area contributed by atoms with E-state index in [0.717, 1.165) is 26.3 Å². The van der Waals surface area contributed by atoms with Crippen molar-refractivity contribution in [3.63, 3.8) is 0 Å². The van der Waals surface area contributed by atoms with E-state index in [4.69, 9.17) is 4.74 Å². The highest BCUT2D eigenvalue weighted by atomic mass is 16.5. The smallest absolute Gasteiger partial charge is 0.0594 e. The molecule has 4 nitrogen and oxygen atoms in total. The van der Waals surface area contributed by atoms with E-state index >= 15 is 0 Å². The van der Waals surface area contributed by atoms with Crippen LogP contribution in [0.5, 0.6) is 0 Å². The van der Waals surface area contributed by atoms with Gasteiger partial charge in [0.05, 0.1) is 13.2 Å². The van der Waals surface area contributed by atoms with E-state index in [0.29, 0.717) is 17.1 Å². The van der Waals surface area contributed by atoms with Gasteiger partial charge in [0, 0.05) is 56.4 Å². The molecular weight excluding hydrogens is 286 g/mol. The Labute approximate surface area is 145 Å². The zero-order chi connectivity index (χ0) is 17.7. The second kappa shape index (κ2) is 8.80. The van der Waals surface area contributed by atoms with Gasteiger partial charge in [0.25, 0.3) is 0 Å². The molecule has 2 saturated heterocycles. The predicted molar refractivity (Wildman–Crippen MR) is 100 cm³/mol. The summed E-state index contributed by atoms with van der Waals surface area (Å²) in [6.45, 7) is 27.1. The third-order valence-corrected chi connectivity index (χ3v) is 4.95. The molecule has 23 heavy (non-hydrogen) atoms. The normalized spacial score (nSPS) is 22.8. The van der Waals surface area contributed by atoms with E-state index in [1.54, 1.807) is 0 Å². The minimum Gasteiger partial charge on any atom is -0.379 e. The van der Waals surface area contributed by atoms with Gasteiger partial charge in [0.1, 0.15) is 0 Å². The fraction of sp³-hybridized carbons (Fsp3) is 1.00. The lowest BCUT2D eigenvalue weighted by Crippen LogP contribution is -2.54. The van der Waals surface area contributed by atoms with Crippen molar-refractivity contribution in [2.75, 3.05) is 52.5 Å². The third kappa shape index (κ3) is 7.51. The molecule has 0 N–H and O–H groups in total. The van der Waals surface area contributed by atoms with Crippen molar-refractivity contribution >= 4 is 0 Å². The highest BCUT2D eigenvalue weighted by molar-refractivity contribution is 4.82. The molecular formula is C19H41N3O. The molecule has 0 spiro atoms. The summed E-state index contributed by atoms with van der Waals surface area (Å²) in [5, 5.41) is 0. The number of piperazine rings is 1. The molecule has 2 aliphatic rings. The molecule has 2 rings (SSSR count). The molecule has 0 bridgehead atoms. The van der Waals surface area contributed by atoms with Crippen molar-refractivity contribution in [3.8, 4) is 0 Å². The Morgan fingerprint density at radius 2 is 1.04 bits per heavy atom. The SMILES string of the molecule is CC(C)(C)N1CCOCC1.CC(C)N1CCN(C(C)(C)C)CC1. The number of ether oxygens (including phenoxy) is 1. The van der Waals surface area contributed by atoms with Gasteiger partial charge in [0.15, 0.2) is 0 Å². The monoisotopic (exact) mass is 327 g/mol. The molecule has 0 saturated carbocycles. The van der Waals surface area contributed by atoms with Crippen LogP contribution < -0.4 is 0 Å². The molecule has 0 aromatic carbocycles. The molecule has 2 heterocycles. The minimum absolute atomic E-state index is 0.323. The minimum atomic E-state index is 0.323. The molecule has 0 amide bonds. The highest BCUT2D eigenvalue weighted by Gasteiger charge is 2.26. The molecule has 0 radical (unpaired) electrons. The van der Waals surface area contributed by atoms with Crippen LogP contribution in [0.2, 0.25) is 0 Å². The van der Waals surface area contributed by atoms with Gasteiger partial charge in [-0.15, -0.1) is 0 Å². The summed E-state index contributed by atoms with van der Waals surface area (Å²) in [5.74, 6) is 0. The van der Waals surface area contributed by atoms with Crippen LogP contribution in [0.4, 0.5) is 0 Å². The van der Waals surface area contributed by atoms with Crippen LogP contribution in [0.25, 0.3) is 0 Å². The van der Waals surface area contributed by atoms with Gasteiger partial charge in [-0.3, -0.25) is 14.7 Å². The Morgan fingerprint density at radius 3 is 1.35 bits per heavy atom. The van der Waals surface area contributed by atoms with E-state index in [1.807, 2.05) is 0 Å². The lowest BCUT2D eigenvalue weighted by atomic mass is 10.0. The first kappa shape index (κ1) is 20.9. The van der Waals surface area contributed by atoms with Crippen LogP contribution in [0.1, 0.15) is 55.4 Å². The lowest BCUT2D eigenvalue weighted by Gasteiger charge is -2.43. The summed E-state index contributed by atoms with van der Waals surface area (Å²) in [6.07, 6.45) is 0. The molecule has 0 atom stereocenters. The van der Waals surface area contributed by atoms with E-state index in [2.05, 4.69) is 70.1 Å². The Hall–Kier alpha value is -0.160. The van der Waals surface area contributed by atoms with Gasteiger partial charge >= 0.3 is 0 Å². The summed E-state index contributed by atoms with van der Waals surface area (Å²) in [4.78, 5) is 7.59. The van der Waals surface area contributed by atoms with Gasteiger partial charge in [-0.25, -0.2) is 0 Å². The van der Waals surface area contributed by atoms with E-state index < -0.39 is 0 Å². The van der Waals surface area contributed by atoms with Crippen molar-refractivity contribution in [2.45, 2.75) is 72.5 Å². The van der Waals surface area contributed by atoms with Crippen molar-refractivity contribution in [3.05, 3.63) is 0 Å². The second-order valence-corrected chi connectivity index (χ2v) is 9.06. The van der Waals surface area contributed by atoms with E-state index in [1.165, 1.54) is 26.2 Å². The van der Waals surface area contributed by atoms with Crippen LogP contribution in [-0.2, 0) is 4.74 Å². The zero-order valence-corrected chi connectivity index (χ0v) is 17.0. The molecule has 0 unspecified atom stereocenters. The first-order valence-electron chi connectivity index (χ1n) is 9.33. The Kier molecular flexibility index (Phi) is 7.99. The lowest BCUT2D eigenvalue weighted by molar-refractivity contribution is -0.00389. The van der Waals surface area contributed by atoms with Crippen LogP contribution in [0.15, 0.2) is 0 Å². The summed E-state index contributed by atoms with van der Waals surface area (Å²) in [6, 6.07) is 0.710. The van der Waals surface area contributed by atoms with Crippen molar-refractivity contribution in [1.82, 2.24) is 14.7 Å². The van der Waals surface area contributed by atoms with Crippen molar-refractivity contribution < 1.29 is 4.74 Å². The van der Waals surface area contributed by atoms with Gasteiger partial charge < -0.3 is 4.74 Å². The van der Waals surface area contributed by atoms with Crippen LogP contribution in [-0.4, -0.2) is 84.3 Å². The molecule has 0 aliphatic carbocycles. The molecule has 0 aromatic heterocycles. The van der Waals surface area contributed by atoms with Crippen molar-refractivity contribution in [2.24, 2.45) is 0 Å². The number of hydrogen-bond donors (Lipinski definition) is 0. The molecule has 2 aliphatic heterocycles.